The van der Waals surface area contributed by atoms with Crippen LogP contribution < -0.4 is 10.1 Å². The fraction of sp³-hybridized carbons (Fsp3) is 0.211. The second-order valence-corrected chi connectivity index (χ2v) is 6.85. The van der Waals surface area contributed by atoms with Gasteiger partial charge in [-0.05, 0) is 38.1 Å². The summed E-state index contributed by atoms with van der Waals surface area (Å²) in [5.41, 5.74) is 1.68. The number of ether oxygens (including phenoxy) is 1. The molecule has 1 heterocycles. The topological polar surface area (TPSA) is 79.9 Å². The Morgan fingerprint density at radius 3 is 2.62 bits per heavy atom. The molecule has 7 heteroatoms. The molecule has 0 spiro atoms. The van der Waals surface area contributed by atoms with Gasteiger partial charge < -0.3 is 10.1 Å². The number of aromatic amines is 1. The lowest BCUT2D eigenvalue weighted by atomic mass is 10.2. The second kappa shape index (κ2) is 8.53. The van der Waals surface area contributed by atoms with Gasteiger partial charge in [-0.2, -0.15) is 0 Å². The van der Waals surface area contributed by atoms with Crippen molar-refractivity contribution in [3.05, 3.63) is 54.6 Å². The molecule has 3 rings (SSSR count). The monoisotopic (exact) mass is 368 g/mol. The molecule has 2 N–H and O–H groups in total. The van der Waals surface area contributed by atoms with Gasteiger partial charge in [-0.25, -0.2) is 4.98 Å². The molecule has 0 saturated heterocycles. The Labute approximate surface area is 156 Å². The molecule has 1 atom stereocenters. The number of hydrogen-bond acceptors (Lipinski definition) is 5. The van der Waals surface area contributed by atoms with Crippen LogP contribution in [0.2, 0.25) is 0 Å². The molecule has 1 aromatic heterocycles. The molecule has 0 aliphatic carbocycles. The fourth-order valence-corrected chi connectivity index (χ4v) is 3.01. The Morgan fingerprint density at radius 1 is 1.19 bits per heavy atom. The van der Waals surface area contributed by atoms with Crippen LogP contribution in [-0.2, 0) is 4.79 Å². The van der Waals surface area contributed by atoms with Crippen molar-refractivity contribution in [2.45, 2.75) is 24.3 Å². The van der Waals surface area contributed by atoms with E-state index in [-0.39, 0.29) is 11.2 Å². The third-order valence-electron chi connectivity index (χ3n) is 3.60. The van der Waals surface area contributed by atoms with Crippen molar-refractivity contribution in [2.24, 2.45) is 0 Å². The normalized spacial score (nSPS) is 11.8. The van der Waals surface area contributed by atoms with Gasteiger partial charge in [-0.3, -0.25) is 9.89 Å². The quantitative estimate of drug-likeness (QED) is 0.617. The lowest BCUT2D eigenvalue weighted by Gasteiger charge is -2.10. The zero-order valence-corrected chi connectivity index (χ0v) is 15.4. The summed E-state index contributed by atoms with van der Waals surface area (Å²) in [6.07, 6.45) is 0. The van der Waals surface area contributed by atoms with Crippen LogP contribution in [0.5, 0.6) is 5.75 Å². The first-order valence-electron chi connectivity index (χ1n) is 8.34. The Morgan fingerprint density at radius 2 is 1.92 bits per heavy atom. The lowest BCUT2D eigenvalue weighted by Crippen LogP contribution is -2.22. The molecule has 6 nitrogen and oxygen atoms in total. The van der Waals surface area contributed by atoms with Gasteiger partial charge in [0.15, 0.2) is 5.82 Å². The number of nitrogens with one attached hydrogen (secondary N) is 2. The van der Waals surface area contributed by atoms with Gasteiger partial charge in [0.2, 0.25) is 11.1 Å². The number of carbonyl (C=O) groups is 1. The number of hydrogen-bond donors (Lipinski definition) is 2. The molecular weight excluding hydrogens is 348 g/mol. The summed E-state index contributed by atoms with van der Waals surface area (Å²) < 4.78 is 5.39. The van der Waals surface area contributed by atoms with Crippen molar-refractivity contribution in [1.29, 1.82) is 0 Å². The molecule has 0 aliphatic heterocycles. The Balaban J connectivity index is 1.58. The minimum Gasteiger partial charge on any atom is -0.494 e. The summed E-state index contributed by atoms with van der Waals surface area (Å²) >= 11 is 1.31. The Hall–Kier alpha value is -2.80. The van der Waals surface area contributed by atoms with Gasteiger partial charge in [0.05, 0.1) is 11.9 Å². The third-order valence-corrected chi connectivity index (χ3v) is 4.56. The molecule has 0 fully saturated rings. The van der Waals surface area contributed by atoms with Gasteiger partial charge in [0.1, 0.15) is 5.75 Å². The van der Waals surface area contributed by atoms with E-state index in [4.69, 9.17) is 4.74 Å². The average molecular weight is 368 g/mol. The van der Waals surface area contributed by atoms with E-state index in [9.17, 15) is 4.79 Å². The first-order valence-corrected chi connectivity index (χ1v) is 9.22. The molecule has 0 radical (unpaired) electrons. The van der Waals surface area contributed by atoms with E-state index in [1.54, 1.807) is 0 Å². The van der Waals surface area contributed by atoms with Crippen molar-refractivity contribution in [2.75, 3.05) is 11.9 Å². The fourth-order valence-electron chi connectivity index (χ4n) is 2.28. The maximum Gasteiger partial charge on any atom is 0.237 e. The number of H-pyrrole nitrogens is 1. The van der Waals surface area contributed by atoms with E-state index in [0.717, 1.165) is 17.0 Å². The maximum absolute atomic E-state index is 12.4. The van der Waals surface area contributed by atoms with Gasteiger partial charge in [0, 0.05) is 11.3 Å². The highest BCUT2D eigenvalue weighted by atomic mass is 32.2. The lowest BCUT2D eigenvalue weighted by molar-refractivity contribution is -0.115. The summed E-state index contributed by atoms with van der Waals surface area (Å²) in [5, 5.41) is 10.2. The number of rotatable bonds is 7. The highest BCUT2D eigenvalue weighted by molar-refractivity contribution is 8.00. The minimum atomic E-state index is -0.332. The smallest absolute Gasteiger partial charge is 0.237 e. The van der Waals surface area contributed by atoms with E-state index >= 15 is 0 Å². The SMILES string of the molecule is CCOc1ccc(NC(=O)[C@H](C)Sc2n[nH]c(-c3ccccc3)n2)cc1. The van der Waals surface area contributed by atoms with E-state index in [1.807, 2.05) is 68.4 Å². The highest BCUT2D eigenvalue weighted by Gasteiger charge is 2.17. The van der Waals surface area contributed by atoms with Crippen LogP contribution in [0.4, 0.5) is 5.69 Å². The summed E-state index contributed by atoms with van der Waals surface area (Å²) in [4.78, 5) is 16.8. The molecule has 0 saturated carbocycles. The molecule has 2 aromatic carbocycles. The minimum absolute atomic E-state index is 0.106. The summed E-state index contributed by atoms with van der Waals surface area (Å²) in [6.45, 7) is 4.37. The average Bonchev–Trinajstić information content (AvgIpc) is 3.13. The first kappa shape index (κ1) is 18.0. The predicted octanol–water partition coefficient (Wildman–Crippen LogP) is 3.99. The number of amides is 1. The largest absolute Gasteiger partial charge is 0.494 e. The molecule has 0 bridgehead atoms. The van der Waals surface area contributed by atoms with Crippen molar-refractivity contribution >= 4 is 23.4 Å². The van der Waals surface area contributed by atoms with Crippen LogP contribution in [0, 0.1) is 0 Å². The van der Waals surface area contributed by atoms with Crippen LogP contribution in [0.1, 0.15) is 13.8 Å². The zero-order chi connectivity index (χ0) is 18.4. The van der Waals surface area contributed by atoms with Crippen molar-refractivity contribution in [3.8, 4) is 17.1 Å². The standard InChI is InChI=1S/C19H20N4O2S/c1-3-25-16-11-9-15(10-12-16)20-18(24)13(2)26-19-21-17(22-23-19)14-7-5-4-6-8-14/h4-13H,3H2,1-2H3,(H,20,24)(H,21,22,23)/t13-/m0/s1. The third kappa shape index (κ3) is 4.64. The van der Waals surface area contributed by atoms with Crippen LogP contribution >= 0.6 is 11.8 Å². The van der Waals surface area contributed by atoms with Gasteiger partial charge in [0.25, 0.3) is 0 Å². The number of thioether (sulfide) groups is 1. The van der Waals surface area contributed by atoms with Gasteiger partial charge in [-0.1, -0.05) is 42.1 Å². The number of carbonyl (C=O) groups excluding carboxylic acids is 1. The van der Waals surface area contributed by atoms with Crippen LogP contribution in [0.3, 0.4) is 0 Å². The molecule has 26 heavy (non-hydrogen) atoms. The number of benzene rings is 2. The summed E-state index contributed by atoms with van der Waals surface area (Å²) in [6, 6.07) is 17.0. The number of anilines is 1. The van der Waals surface area contributed by atoms with E-state index < -0.39 is 0 Å². The summed E-state index contributed by atoms with van der Waals surface area (Å²) in [5.74, 6) is 1.36. The number of aromatic nitrogens is 3. The van der Waals surface area contributed by atoms with Crippen molar-refractivity contribution < 1.29 is 9.53 Å². The molecule has 1 amide bonds. The first-order chi connectivity index (χ1) is 12.7. The van der Waals surface area contributed by atoms with Crippen molar-refractivity contribution in [3.63, 3.8) is 0 Å². The Kier molecular flexibility index (Phi) is 5.91. The van der Waals surface area contributed by atoms with E-state index in [2.05, 4.69) is 20.5 Å². The van der Waals surface area contributed by atoms with E-state index in [0.29, 0.717) is 17.6 Å². The second-order valence-electron chi connectivity index (χ2n) is 5.54. The maximum atomic E-state index is 12.4. The van der Waals surface area contributed by atoms with Crippen LogP contribution in [0.25, 0.3) is 11.4 Å². The number of nitrogens with zero attached hydrogens (tertiary/aromatic N) is 2. The zero-order valence-electron chi connectivity index (χ0n) is 14.6. The highest BCUT2D eigenvalue weighted by Crippen LogP contribution is 2.24. The van der Waals surface area contributed by atoms with E-state index in [1.165, 1.54) is 11.8 Å². The van der Waals surface area contributed by atoms with Gasteiger partial charge >= 0.3 is 0 Å². The van der Waals surface area contributed by atoms with Gasteiger partial charge in [-0.15, -0.1) is 5.10 Å². The molecule has 0 unspecified atom stereocenters. The molecule has 3 aromatic rings. The molecule has 0 aliphatic rings. The molecular formula is C19H20N4O2S. The van der Waals surface area contributed by atoms with Crippen LogP contribution in [0.15, 0.2) is 59.8 Å². The molecule has 134 valence electrons. The van der Waals surface area contributed by atoms with Crippen molar-refractivity contribution in [1.82, 2.24) is 15.2 Å². The Bertz CT molecular complexity index is 849. The summed E-state index contributed by atoms with van der Waals surface area (Å²) in [7, 11) is 0. The van der Waals surface area contributed by atoms with Crippen LogP contribution in [-0.4, -0.2) is 32.9 Å². The predicted molar refractivity (Wildman–Crippen MR) is 103 cm³/mol.